The van der Waals surface area contributed by atoms with Crippen molar-refractivity contribution in [1.82, 2.24) is 25.2 Å². The molecule has 4 saturated carbocycles. The second-order valence-corrected chi connectivity index (χ2v) is 8.93. The fourth-order valence-corrected chi connectivity index (χ4v) is 6.41. The van der Waals surface area contributed by atoms with E-state index in [9.17, 15) is 9.59 Å². The van der Waals surface area contributed by atoms with Gasteiger partial charge in [0.25, 0.3) is 0 Å². The second kappa shape index (κ2) is 5.78. The molecule has 2 heterocycles. The van der Waals surface area contributed by atoms with E-state index in [1.54, 1.807) is 6.92 Å². The van der Waals surface area contributed by atoms with Gasteiger partial charge in [0, 0.05) is 18.7 Å². The maximum Gasteiger partial charge on any atom is 0.226 e. The molecule has 4 bridgehead atoms. The number of fused-ring (bicyclic) bond motifs is 1. The number of hydrogen-bond acceptors (Lipinski definition) is 4. The number of carbonyl (C=O) groups is 2. The summed E-state index contributed by atoms with van der Waals surface area (Å²) in [5.74, 6) is 1.94. The third kappa shape index (κ3) is 2.71. The molecule has 2 atom stereocenters. The number of hydrogen-bond donors (Lipinski definition) is 2. The van der Waals surface area contributed by atoms with Gasteiger partial charge in [0.05, 0.1) is 12.0 Å². The molecule has 2 aromatic heterocycles. The molecule has 0 aliphatic heterocycles. The van der Waals surface area contributed by atoms with Crippen LogP contribution in [0, 0.1) is 17.3 Å². The van der Waals surface area contributed by atoms with Crippen molar-refractivity contribution in [2.45, 2.75) is 57.5 Å². The minimum atomic E-state index is -0.354. The van der Waals surface area contributed by atoms with Crippen LogP contribution in [-0.4, -0.2) is 32.0 Å². The van der Waals surface area contributed by atoms with Crippen LogP contribution in [0.5, 0.6) is 0 Å². The molecule has 2 aromatic rings. The van der Waals surface area contributed by atoms with E-state index >= 15 is 0 Å². The van der Waals surface area contributed by atoms with Crippen LogP contribution in [-0.2, 0) is 16.1 Å². The zero-order chi connectivity index (χ0) is 18.6. The summed E-state index contributed by atoms with van der Waals surface area (Å²) in [5, 5.41) is 14.7. The first kappa shape index (κ1) is 16.7. The molecule has 4 aliphatic rings. The van der Waals surface area contributed by atoms with Crippen LogP contribution in [0.25, 0.3) is 5.65 Å². The summed E-state index contributed by atoms with van der Waals surface area (Å²) < 4.78 is 1.90. The Morgan fingerprint density at radius 1 is 1.19 bits per heavy atom. The maximum atomic E-state index is 13.3. The van der Waals surface area contributed by atoms with Gasteiger partial charge in [-0.3, -0.25) is 14.0 Å². The molecule has 0 aromatic carbocycles. The van der Waals surface area contributed by atoms with Crippen molar-refractivity contribution in [3.63, 3.8) is 0 Å². The van der Waals surface area contributed by atoms with Gasteiger partial charge in [-0.25, -0.2) is 0 Å². The number of pyridine rings is 1. The SMILES string of the molecule is CC(=O)NC12CC3CC(C1)CC(C(=O)NCc1nnc4ccccn14)(C3)C2. The molecule has 0 spiro atoms. The lowest BCUT2D eigenvalue weighted by molar-refractivity contribution is -0.153. The Balaban J connectivity index is 1.36. The summed E-state index contributed by atoms with van der Waals surface area (Å²) >= 11 is 0. The number of rotatable bonds is 4. The van der Waals surface area contributed by atoms with E-state index in [0.29, 0.717) is 18.4 Å². The average Bonchev–Trinajstić information content (AvgIpc) is 3.00. The number of carbonyl (C=O) groups excluding carboxylic acids is 2. The van der Waals surface area contributed by atoms with Crippen molar-refractivity contribution in [2.24, 2.45) is 17.3 Å². The summed E-state index contributed by atoms with van der Waals surface area (Å²) in [7, 11) is 0. The monoisotopic (exact) mass is 367 g/mol. The highest BCUT2D eigenvalue weighted by Crippen LogP contribution is 2.61. The van der Waals surface area contributed by atoms with E-state index in [1.165, 1.54) is 6.42 Å². The Kier molecular flexibility index (Phi) is 3.58. The summed E-state index contributed by atoms with van der Waals surface area (Å²) in [5.41, 5.74) is 0.239. The average molecular weight is 367 g/mol. The third-order valence-corrected chi connectivity index (χ3v) is 6.78. The number of nitrogens with zero attached hydrogens (tertiary/aromatic N) is 3. The van der Waals surface area contributed by atoms with E-state index in [-0.39, 0.29) is 22.8 Å². The molecular formula is C20H25N5O2. The fourth-order valence-electron chi connectivity index (χ4n) is 6.41. The van der Waals surface area contributed by atoms with E-state index < -0.39 is 0 Å². The Bertz CT molecular complexity index is 906. The van der Waals surface area contributed by atoms with Gasteiger partial charge in [0.2, 0.25) is 11.8 Å². The smallest absolute Gasteiger partial charge is 0.226 e. The molecule has 0 saturated heterocycles. The predicted molar refractivity (Wildman–Crippen MR) is 98.5 cm³/mol. The minimum absolute atomic E-state index is 0.0161. The highest BCUT2D eigenvalue weighted by atomic mass is 16.2. The van der Waals surface area contributed by atoms with Crippen LogP contribution in [0.1, 0.15) is 51.3 Å². The van der Waals surface area contributed by atoms with Gasteiger partial charge in [-0.05, 0) is 62.5 Å². The van der Waals surface area contributed by atoms with Crippen LogP contribution >= 0.6 is 0 Å². The molecule has 4 aliphatic carbocycles. The minimum Gasteiger partial charge on any atom is -0.351 e. The zero-order valence-electron chi connectivity index (χ0n) is 15.6. The largest absolute Gasteiger partial charge is 0.351 e. The van der Waals surface area contributed by atoms with Crippen molar-refractivity contribution < 1.29 is 9.59 Å². The molecular weight excluding hydrogens is 342 g/mol. The lowest BCUT2D eigenvalue weighted by atomic mass is 9.46. The van der Waals surface area contributed by atoms with E-state index in [1.807, 2.05) is 28.8 Å². The molecule has 6 rings (SSSR count). The van der Waals surface area contributed by atoms with Crippen molar-refractivity contribution in [3.05, 3.63) is 30.2 Å². The lowest BCUT2D eigenvalue weighted by Gasteiger charge is -2.61. The van der Waals surface area contributed by atoms with Crippen molar-refractivity contribution in [1.29, 1.82) is 0 Å². The highest BCUT2D eigenvalue weighted by Gasteiger charge is 2.60. The standard InChI is InChI=1S/C20H25N5O2/c1-13(26)22-20-9-14-6-15(10-20)8-19(7-14,12-20)18(27)21-11-17-24-23-16-4-2-3-5-25(16)17/h2-5,14-15H,6-12H2,1H3,(H,21,27)(H,22,26). The Hall–Kier alpha value is -2.44. The van der Waals surface area contributed by atoms with Crippen LogP contribution in [0.4, 0.5) is 0 Å². The normalized spacial score (nSPS) is 34.0. The van der Waals surface area contributed by atoms with Gasteiger partial charge in [-0.15, -0.1) is 10.2 Å². The van der Waals surface area contributed by atoms with Gasteiger partial charge in [0.15, 0.2) is 11.5 Å². The second-order valence-electron chi connectivity index (χ2n) is 8.93. The Morgan fingerprint density at radius 2 is 1.96 bits per heavy atom. The summed E-state index contributed by atoms with van der Waals surface area (Å²) in [6.07, 6.45) is 7.80. The molecule has 7 nitrogen and oxygen atoms in total. The quantitative estimate of drug-likeness (QED) is 0.863. The van der Waals surface area contributed by atoms with Gasteiger partial charge in [0.1, 0.15) is 0 Å². The first-order valence-electron chi connectivity index (χ1n) is 9.83. The maximum absolute atomic E-state index is 13.3. The summed E-state index contributed by atoms with van der Waals surface area (Å²) in [4.78, 5) is 25.1. The van der Waals surface area contributed by atoms with E-state index in [0.717, 1.165) is 43.6 Å². The van der Waals surface area contributed by atoms with Crippen LogP contribution < -0.4 is 10.6 Å². The first-order chi connectivity index (χ1) is 13.0. The van der Waals surface area contributed by atoms with Crippen molar-refractivity contribution in [3.8, 4) is 0 Å². The predicted octanol–water partition coefficient (Wildman–Crippen LogP) is 1.82. The zero-order valence-corrected chi connectivity index (χ0v) is 15.6. The van der Waals surface area contributed by atoms with Crippen LogP contribution in [0.2, 0.25) is 0 Å². The molecule has 4 fully saturated rings. The fraction of sp³-hybridized carbons (Fsp3) is 0.600. The van der Waals surface area contributed by atoms with E-state index in [4.69, 9.17) is 0 Å². The Morgan fingerprint density at radius 3 is 2.70 bits per heavy atom. The molecule has 7 heteroatoms. The lowest BCUT2D eigenvalue weighted by Crippen LogP contribution is -2.65. The molecule has 2 unspecified atom stereocenters. The molecule has 2 N–H and O–H groups in total. The third-order valence-electron chi connectivity index (χ3n) is 6.78. The topological polar surface area (TPSA) is 88.4 Å². The Labute approximate surface area is 157 Å². The number of nitrogens with one attached hydrogen (secondary N) is 2. The molecule has 0 radical (unpaired) electrons. The molecule has 142 valence electrons. The van der Waals surface area contributed by atoms with Crippen molar-refractivity contribution >= 4 is 17.5 Å². The van der Waals surface area contributed by atoms with Gasteiger partial charge in [-0.2, -0.15) is 0 Å². The highest BCUT2D eigenvalue weighted by molar-refractivity contribution is 5.83. The van der Waals surface area contributed by atoms with Gasteiger partial charge >= 0.3 is 0 Å². The van der Waals surface area contributed by atoms with Gasteiger partial charge in [-0.1, -0.05) is 6.07 Å². The number of aromatic nitrogens is 3. The van der Waals surface area contributed by atoms with Crippen LogP contribution in [0.15, 0.2) is 24.4 Å². The summed E-state index contributed by atoms with van der Waals surface area (Å²) in [6, 6.07) is 5.75. The number of amides is 2. The molecule has 2 amide bonds. The van der Waals surface area contributed by atoms with Gasteiger partial charge < -0.3 is 10.6 Å². The van der Waals surface area contributed by atoms with Crippen molar-refractivity contribution in [2.75, 3.05) is 0 Å². The summed E-state index contributed by atoms with van der Waals surface area (Å²) in [6.45, 7) is 1.95. The molecule has 27 heavy (non-hydrogen) atoms. The van der Waals surface area contributed by atoms with E-state index in [2.05, 4.69) is 20.8 Å². The first-order valence-corrected chi connectivity index (χ1v) is 9.83. The van der Waals surface area contributed by atoms with Crippen LogP contribution in [0.3, 0.4) is 0 Å².